The Kier molecular flexibility index (Phi) is 2.87. The number of para-hydroxylation sites is 1. The first kappa shape index (κ1) is 10.6. The summed E-state index contributed by atoms with van der Waals surface area (Å²) in [5, 5.41) is 0. The number of nitrogens with one attached hydrogen (secondary N) is 1. The standard InChI is InChI=1S/C11H13N3O2/c12-13-11(16)8-6-10(15)14(7-8)9-4-2-1-3-5-9/h1-5,8H,6-7,12H2,(H,13,16)/t8-/m1/s1. The zero-order valence-corrected chi connectivity index (χ0v) is 8.72. The maximum atomic E-state index is 11.7. The minimum atomic E-state index is -0.349. The van der Waals surface area contributed by atoms with Gasteiger partial charge in [0.25, 0.3) is 0 Å². The van der Waals surface area contributed by atoms with Gasteiger partial charge in [0.1, 0.15) is 0 Å². The quantitative estimate of drug-likeness (QED) is 0.418. The first-order chi connectivity index (χ1) is 7.72. The third kappa shape index (κ3) is 1.90. The molecule has 84 valence electrons. The molecule has 0 bridgehead atoms. The largest absolute Gasteiger partial charge is 0.312 e. The minimum absolute atomic E-state index is 0.0419. The molecule has 3 N–H and O–H groups in total. The fraction of sp³-hybridized carbons (Fsp3) is 0.273. The van der Waals surface area contributed by atoms with Crippen LogP contribution in [0.1, 0.15) is 6.42 Å². The van der Waals surface area contributed by atoms with E-state index in [1.165, 1.54) is 0 Å². The molecule has 2 amide bonds. The number of hydrogen-bond acceptors (Lipinski definition) is 3. The van der Waals surface area contributed by atoms with Crippen LogP contribution in [0.25, 0.3) is 0 Å². The summed E-state index contributed by atoms with van der Waals surface area (Å²) in [6, 6.07) is 9.30. The van der Waals surface area contributed by atoms with Crippen LogP contribution in [0.2, 0.25) is 0 Å². The van der Waals surface area contributed by atoms with Crippen molar-refractivity contribution in [3.05, 3.63) is 30.3 Å². The second-order valence-electron chi connectivity index (χ2n) is 3.75. The summed E-state index contributed by atoms with van der Waals surface area (Å²) in [4.78, 5) is 24.6. The molecule has 1 fully saturated rings. The van der Waals surface area contributed by atoms with Crippen molar-refractivity contribution in [3.8, 4) is 0 Å². The van der Waals surface area contributed by atoms with E-state index in [0.29, 0.717) is 6.54 Å². The van der Waals surface area contributed by atoms with E-state index in [4.69, 9.17) is 5.84 Å². The van der Waals surface area contributed by atoms with Crippen molar-refractivity contribution >= 4 is 17.5 Å². The Hall–Kier alpha value is -1.88. The molecule has 0 spiro atoms. The van der Waals surface area contributed by atoms with Gasteiger partial charge in [0, 0.05) is 18.7 Å². The van der Waals surface area contributed by atoms with Crippen molar-refractivity contribution in [2.75, 3.05) is 11.4 Å². The highest BCUT2D eigenvalue weighted by Crippen LogP contribution is 2.24. The molecule has 1 aliphatic heterocycles. The van der Waals surface area contributed by atoms with E-state index in [-0.39, 0.29) is 24.2 Å². The topological polar surface area (TPSA) is 75.4 Å². The lowest BCUT2D eigenvalue weighted by molar-refractivity contribution is -0.126. The molecule has 0 saturated carbocycles. The highest BCUT2D eigenvalue weighted by Gasteiger charge is 2.34. The highest BCUT2D eigenvalue weighted by atomic mass is 16.2. The Morgan fingerprint density at radius 1 is 1.38 bits per heavy atom. The van der Waals surface area contributed by atoms with E-state index in [2.05, 4.69) is 5.43 Å². The molecule has 1 aromatic rings. The molecule has 1 atom stereocenters. The van der Waals surface area contributed by atoms with Gasteiger partial charge < -0.3 is 4.90 Å². The van der Waals surface area contributed by atoms with Crippen LogP contribution in [0, 0.1) is 5.92 Å². The van der Waals surface area contributed by atoms with Crippen LogP contribution >= 0.6 is 0 Å². The van der Waals surface area contributed by atoms with E-state index in [9.17, 15) is 9.59 Å². The van der Waals surface area contributed by atoms with E-state index >= 15 is 0 Å². The first-order valence-electron chi connectivity index (χ1n) is 5.08. The number of hydrazine groups is 1. The summed E-state index contributed by atoms with van der Waals surface area (Å²) in [6.07, 6.45) is 0.220. The number of amides is 2. The van der Waals surface area contributed by atoms with Crippen LogP contribution < -0.4 is 16.2 Å². The Labute approximate surface area is 93.2 Å². The number of carbonyl (C=O) groups excluding carboxylic acids is 2. The molecule has 16 heavy (non-hydrogen) atoms. The monoisotopic (exact) mass is 219 g/mol. The van der Waals surface area contributed by atoms with E-state index in [1.807, 2.05) is 30.3 Å². The molecular weight excluding hydrogens is 206 g/mol. The van der Waals surface area contributed by atoms with E-state index in [0.717, 1.165) is 5.69 Å². The lowest BCUT2D eigenvalue weighted by Gasteiger charge is -2.15. The molecule has 1 saturated heterocycles. The Balaban J connectivity index is 2.14. The summed E-state index contributed by atoms with van der Waals surface area (Å²) in [5.74, 6) is 4.38. The fourth-order valence-electron chi connectivity index (χ4n) is 1.86. The summed E-state index contributed by atoms with van der Waals surface area (Å²) in [5.41, 5.74) is 2.90. The maximum Gasteiger partial charge on any atom is 0.239 e. The number of rotatable bonds is 2. The normalized spacial score (nSPS) is 19.9. The van der Waals surface area contributed by atoms with Gasteiger partial charge in [0.15, 0.2) is 0 Å². The second-order valence-corrected chi connectivity index (χ2v) is 3.75. The van der Waals surface area contributed by atoms with Gasteiger partial charge in [-0.05, 0) is 12.1 Å². The zero-order chi connectivity index (χ0) is 11.5. The molecule has 1 aliphatic rings. The molecule has 0 aromatic heterocycles. The van der Waals surface area contributed by atoms with Crippen molar-refractivity contribution in [3.63, 3.8) is 0 Å². The minimum Gasteiger partial charge on any atom is -0.312 e. The predicted octanol–water partition coefficient (Wildman–Crippen LogP) is 0.0294. The Bertz CT molecular complexity index is 405. The summed E-state index contributed by atoms with van der Waals surface area (Å²) < 4.78 is 0. The predicted molar refractivity (Wildman–Crippen MR) is 59.2 cm³/mol. The molecule has 1 heterocycles. The van der Waals surface area contributed by atoms with Crippen molar-refractivity contribution in [2.24, 2.45) is 11.8 Å². The van der Waals surface area contributed by atoms with Gasteiger partial charge in [0.05, 0.1) is 5.92 Å². The van der Waals surface area contributed by atoms with Gasteiger partial charge in [-0.15, -0.1) is 0 Å². The second kappa shape index (κ2) is 4.32. The van der Waals surface area contributed by atoms with Crippen LogP contribution in [0.3, 0.4) is 0 Å². The van der Waals surface area contributed by atoms with Gasteiger partial charge >= 0.3 is 0 Å². The fourth-order valence-corrected chi connectivity index (χ4v) is 1.86. The summed E-state index contributed by atoms with van der Waals surface area (Å²) >= 11 is 0. The number of carbonyl (C=O) groups is 2. The summed E-state index contributed by atoms with van der Waals surface area (Å²) in [7, 11) is 0. The van der Waals surface area contributed by atoms with Gasteiger partial charge in [-0.3, -0.25) is 15.0 Å². The number of hydrogen-bond donors (Lipinski definition) is 2. The highest BCUT2D eigenvalue weighted by molar-refractivity contribution is 6.00. The Morgan fingerprint density at radius 3 is 2.69 bits per heavy atom. The SMILES string of the molecule is NNC(=O)[C@@H]1CC(=O)N(c2ccccc2)C1. The number of benzene rings is 1. The van der Waals surface area contributed by atoms with Gasteiger partial charge in [-0.2, -0.15) is 0 Å². The molecule has 0 radical (unpaired) electrons. The van der Waals surface area contributed by atoms with Crippen LogP contribution in [0.5, 0.6) is 0 Å². The van der Waals surface area contributed by atoms with Crippen molar-refractivity contribution in [1.29, 1.82) is 0 Å². The van der Waals surface area contributed by atoms with Crippen molar-refractivity contribution in [1.82, 2.24) is 5.43 Å². The van der Waals surface area contributed by atoms with Gasteiger partial charge in [-0.25, -0.2) is 5.84 Å². The van der Waals surface area contributed by atoms with E-state index < -0.39 is 0 Å². The van der Waals surface area contributed by atoms with Crippen molar-refractivity contribution in [2.45, 2.75) is 6.42 Å². The lowest BCUT2D eigenvalue weighted by atomic mass is 10.1. The average Bonchev–Trinajstić information content (AvgIpc) is 2.71. The summed E-state index contributed by atoms with van der Waals surface area (Å²) in [6.45, 7) is 0.395. The molecule has 5 nitrogen and oxygen atoms in total. The maximum absolute atomic E-state index is 11.7. The lowest BCUT2D eigenvalue weighted by Crippen LogP contribution is -2.37. The smallest absolute Gasteiger partial charge is 0.239 e. The van der Waals surface area contributed by atoms with Crippen LogP contribution in [0.15, 0.2) is 30.3 Å². The third-order valence-corrected chi connectivity index (χ3v) is 2.71. The van der Waals surface area contributed by atoms with Crippen molar-refractivity contribution < 1.29 is 9.59 Å². The number of nitrogens with zero attached hydrogens (tertiary/aromatic N) is 1. The van der Waals surface area contributed by atoms with Gasteiger partial charge in [-0.1, -0.05) is 18.2 Å². The zero-order valence-electron chi connectivity index (χ0n) is 8.72. The third-order valence-electron chi connectivity index (χ3n) is 2.71. The van der Waals surface area contributed by atoms with Crippen LogP contribution in [0.4, 0.5) is 5.69 Å². The molecule has 0 unspecified atom stereocenters. The average molecular weight is 219 g/mol. The molecule has 1 aromatic carbocycles. The Morgan fingerprint density at radius 2 is 2.06 bits per heavy atom. The molecule has 2 rings (SSSR count). The molecule has 0 aliphatic carbocycles. The van der Waals surface area contributed by atoms with E-state index in [1.54, 1.807) is 4.90 Å². The van der Waals surface area contributed by atoms with Crippen LogP contribution in [-0.4, -0.2) is 18.4 Å². The van der Waals surface area contributed by atoms with Gasteiger partial charge in [0.2, 0.25) is 11.8 Å². The number of anilines is 1. The molecular formula is C11H13N3O2. The molecule has 5 heteroatoms. The van der Waals surface area contributed by atoms with Crippen LogP contribution in [-0.2, 0) is 9.59 Å². The first-order valence-corrected chi connectivity index (χ1v) is 5.08. The number of nitrogens with two attached hydrogens (primary N) is 1.